The first-order valence-corrected chi connectivity index (χ1v) is 9.32. The fourth-order valence-corrected chi connectivity index (χ4v) is 3.34. The Morgan fingerprint density at radius 2 is 2.15 bits per heavy atom. The number of nitrogens with one attached hydrogen (secondary N) is 1. The van der Waals surface area contributed by atoms with Gasteiger partial charge in [-0.3, -0.25) is 9.88 Å². The van der Waals surface area contributed by atoms with Crippen LogP contribution in [0.4, 0.5) is 0 Å². The number of pyridine rings is 1. The molecule has 0 atom stereocenters. The molecular weight excluding hydrogens is 324 g/mol. The van der Waals surface area contributed by atoms with E-state index in [9.17, 15) is 0 Å². The van der Waals surface area contributed by atoms with Crippen LogP contribution < -0.4 is 0 Å². The molecule has 0 radical (unpaired) electrons. The van der Waals surface area contributed by atoms with Gasteiger partial charge in [-0.25, -0.2) is 15.0 Å². The molecule has 6 heteroatoms. The van der Waals surface area contributed by atoms with Crippen LogP contribution in [0.1, 0.15) is 42.5 Å². The minimum absolute atomic E-state index is 0.763. The summed E-state index contributed by atoms with van der Waals surface area (Å²) >= 11 is 0. The Bertz CT molecular complexity index is 858. The Kier molecular flexibility index (Phi) is 5.02. The third-order valence-electron chi connectivity index (χ3n) is 4.77. The zero-order valence-corrected chi connectivity index (χ0v) is 15.1. The molecule has 0 bridgehead atoms. The molecule has 0 unspecified atom stereocenters. The van der Waals surface area contributed by atoms with Gasteiger partial charge in [-0.05, 0) is 18.6 Å². The fourth-order valence-electron chi connectivity index (χ4n) is 3.34. The van der Waals surface area contributed by atoms with Crippen molar-refractivity contribution in [3.8, 4) is 11.4 Å². The van der Waals surface area contributed by atoms with Crippen molar-refractivity contribution in [2.75, 3.05) is 6.54 Å². The summed E-state index contributed by atoms with van der Waals surface area (Å²) in [6.07, 6.45) is 11.9. The lowest BCUT2D eigenvalue weighted by Gasteiger charge is -2.27. The van der Waals surface area contributed by atoms with Crippen LogP contribution in [0.25, 0.3) is 11.4 Å². The molecule has 6 nitrogen and oxygen atoms in total. The fraction of sp³-hybridized carbons (Fsp3) is 0.400. The summed E-state index contributed by atoms with van der Waals surface area (Å²) in [5.41, 5.74) is 4.53. The first-order chi connectivity index (χ1) is 12.8. The number of aromatic nitrogens is 5. The molecule has 1 aliphatic heterocycles. The highest BCUT2D eigenvalue weighted by molar-refractivity contribution is 5.53. The van der Waals surface area contributed by atoms with E-state index in [-0.39, 0.29) is 0 Å². The van der Waals surface area contributed by atoms with Crippen LogP contribution in [0.2, 0.25) is 0 Å². The Balaban J connectivity index is 1.42. The van der Waals surface area contributed by atoms with E-state index in [0.29, 0.717) is 0 Å². The molecule has 0 spiro atoms. The molecule has 0 amide bonds. The summed E-state index contributed by atoms with van der Waals surface area (Å²) in [5, 5.41) is 0. The third-order valence-corrected chi connectivity index (χ3v) is 4.77. The topological polar surface area (TPSA) is 70.6 Å². The van der Waals surface area contributed by atoms with E-state index in [1.165, 1.54) is 24.1 Å². The Labute approximate surface area is 153 Å². The Morgan fingerprint density at radius 3 is 3.00 bits per heavy atom. The summed E-state index contributed by atoms with van der Waals surface area (Å²) < 4.78 is 0. The lowest BCUT2D eigenvalue weighted by atomic mass is 10.1. The molecule has 1 aliphatic rings. The van der Waals surface area contributed by atoms with E-state index in [2.05, 4.69) is 31.8 Å². The number of fused-ring (bicyclic) bond motifs is 1. The highest BCUT2D eigenvalue weighted by atomic mass is 15.1. The van der Waals surface area contributed by atoms with Crippen molar-refractivity contribution in [2.45, 2.75) is 45.7 Å². The van der Waals surface area contributed by atoms with Crippen molar-refractivity contribution < 1.29 is 0 Å². The molecule has 0 fully saturated rings. The maximum atomic E-state index is 4.76. The molecule has 0 aliphatic carbocycles. The third kappa shape index (κ3) is 3.80. The van der Waals surface area contributed by atoms with Crippen LogP contribution >= 0.6 is 0 Å². The van der Waals surface area contributed by atoms with Crippen LogP contribution in [0.15, 0.2) is 36.9 Å². The number of hydrogen-bond acceptors (Lipinski definition) is 5. The van der Waals surface area contributed by atoms with Crippen LogP contribution in [-0.2, 0) is 25.9 Å². The predicted molar refractivity (Wildman–Crippen MR) is 100 cm³/mol. The second-order valence-electron chi connectivity index (χ2n) is 6.83. The van der Waals surface area contributed by atoms with Crippen molar-refractivity contribution in [1.29, 1.82) is 0 Å². The van der Waals surface area contributed by atoms with E-state index in [0.717, 1.165) is 55.4 Å². The molecule has 4 rings (SSSR count). The van der Waals surface area contributed by atoms with Gasteiger partial charge in [-0.1, -0.05) is 13.3 Å². The smallest absolute Gasteiger partial charge is 0.160 e. The summed E-state index contributed by atoms with van der Waals surface area (Å²) in [6, 6.07) is 3.91. The van der Waals surface area contributed by atoms with Crippen LogP contribution in [0, 0.1) is 0 Å². The second-order valence-corrected chi connectivity index (χ2v) is 6.83. The van der Waals surface area contributed by atoms with Gasteiger partial charge in [0.1, 0.15) is 5.82 Å². The van der Waals surface area contributed by atoms with Crippen molar-refractivity contribution in [3.63, 3.8) is 0 Å². The zero-order valence-electron chi connectivity index (χ0n) is 15.1. The summed E-state index contributed by atoms with van der Waals surface area (Å²) in [4.78, 5) is 23.8. The van der Waals surface area contributed by atoms with Gasteiger partial charge in [-0.15, -0.1) is 0 Å². The van der Waals surface area contributed by atoms with Crippen LogP contribution in [0.3, 0.4) is 0 Å². The molecule has 26 heavy (non-hydrogen) atoms. The molecule has 0 saturated heterocycles. The number of H-pyrrole nitrogens is 1. The minimum Gasteiger partial charge on any atom is -0.345 e. The van der Waals surface area contributed by atoms with Gasteiger partial charge in [-0.2, -0.15) is 0 Å². The van der Waals surface area contributed by atoms with Gasteiger partial charge in [0, 0.05) is 74.1 Å². The van der Waals surface area contributed by atoms with Gasteiger partial charge in [0.25, 0.3) is 0 Å². The van der Waals surface area contributed by atoms with Gasteiger partial charge in [0.15, 0.2) is 5.82 Å². The molecule has 0 aromatic carbocycles. The average molecular weight is 348 g/mol. The number of nitrogens with zero attached hydrogens (tertiary/aromatic N) is 5. The predicted octanol–water partition coefficient (Wildman–Crippen LogP) is 3.16. The first kappa shape index (κ1) is 16.8. The van der Waals surface area contributed by atoms with E-state index < -0.39 is 0 Å². The molecule has 1 N–H and O–H groups in total. The lowest BCUT2D eigenvalue weighted by Crippen LogP contribution is -2.31. The van der Waals surface area contributed by atoms with E-state index in [1.807, 2.05) is 30.7 Å². The maximum Gasteiger partial charge on any atom is 0.160 e. The number of hydrogen-bond donors (Lipinski definition) is 1. The monoisotopic (exact) mass is 348 g/mol. The second kappa shape index (κ2) is 7.74. The molecule has 3 aromatic rings. The summed E-state index contributed by atoms with van der Waals surface area (Å²) in [5.74, 6) is 1.86. The number of unbranched alkanes of at least 4 members (excludes halogenated alkanes) is 1. The van der Waals surface area contributed by atoms with E-state index in [1.54, 1.807) is 6.20 Å². The number of aromatic amines is 1. The zero-order chi connectivity index (χ0) is 17.8. The summed E-state index contributed by atoms with van der Waals surface area (Å²) in [6.45, 7) is 4.98. The van der Waals surface area contributed by atoms with Crippen molar-refractivity contribution in [2.24, 2.45) is 0 Å². The molecule has 134 valence electrons. The van der Waals surface area contributed by atoms with Gasteiger partial charge < -0.3 is 4.98 Å². The molecule has 4 heterocycles. The molecule has 3 aromatic heterocycles. The largest absolute Gasteiger partial charge is 0.345 e. The lowest BCUT2D eigenvalue weighted by molar-refractivity contribution is 0.240. The number of imidazole rings is 1. The Morgan fingerprint density at radius 1 is 1.19 bits per heavy atom. The highest BCUT2D eigenvalue weighted by Crippen LogP contribution is 2.21. The van der Waals surface area contributed by atoms with Crippen molar-refractivity contribution >= 4 is 0 Å². The average Bonchev–Trinajstić information content (AvgIpc) is 3.14. The SMILES string of the molecule is CCCCc1ncc(CN2CCc3nc(-c4cccnc4)ncc3C2)[nH]1. The van der Waals surface area contributed by atoms with Crippen LogP contribution in [-0.4, -0.2) is 36.4 Å². The maximum absolute atomic E-state index is 4.76. The molecule has 0 saturated carbocycles. The Hall–Kier alpha value is -2.60. The van der Waals surface area contributed by atoms with Gasteiger partial charge >= 0.3 is 0 Å². The van der Waals surface area contributed by atoms with Crippen LogP contribution in [0.5, 0.6) is 0 Å². The quantitative estimate of drug-likeness (QED) is 0.741. The number of aryl methyl sites for hydroxylation is 1. The van der Waals surface area contributed by atoms with E-state index in [4.69, 9.17) is 4.98 Å². The van der Waals surface area contributed by atoms with Crippen molar-refractivity contribution in [3.05, 3.63) is 59.7 Å². The number of rotatable bonds is 6. The van der Waals surface area contributed by atoms with Crippen molar-refractivity contribution in [1.82, 2.24) is 29.8 Å². The summed E-state index contributed by atoms with van der Waals surface area (Å²) in [7, 11) is 0. The standard InChI is InChI=1S/C20H24N6/c1-2-3-6-19-22-12-17(24-19)14-26-9-7-18-16(13-26)11-23-20(25-18)15-5-4-8-21-10-15/h4-5,8,10-12H,2-3,6-7,9,13-14H2,1H3,(H,22,24). The van der Waals surface area contributed by atoms with Gasteiger partial charge in [0.05, 0.1) is 5.69 Å². The minimum atomic E-state index is 0.763. The first-order valence-electron chi connectivity index (χ1n) is 9.32. The highest BCUT2D eigenvalue weighted by Gasteiger charge is 2.19. The normalized spacial score (nSPS) is 14.3. The molecular formula is C20H24N6. The van der Waals surface area contributed by atoms with E-state index >= 15 is 0 Å². The van der Waals surface area contributed by atoms with Gasteiger partial charge in [0.2, 0.25) is 0 Å².